The fourth-order valence-corrected chi connectivity index (χ4v) is 5.57. The highest BCUT2D eigenvalue weighted by molar-refractivity contribution is 7.93. The van der Waals surface area contributed by atoms with Crippen molar-refractivity contribution in [2.24, 2.45) is 0 Å². The highest BCUT2D eigenvalue weighted by atomic mass is 35.5. The molecule has 0 spiro atoms. The Morgan fingerprint density at radius 2 is 1.51 bits per heavy atom. The number of hydrogen-bond donors (Lipinski definition) is 1. The van der Waals surface area contributed by atoms with Gasteiger partial charge in [-0.05, 0) is 49.2 Å². The molecule has 39 heavy (non-hydrogen) atoms. The number of ether oxygens (including phenoxy) is 4. The molecule has 0 aromatic heterocycles. The Morgan fingerprint density at radius 3 is 2.10 bits per heavy atom. The Hall–Kier alpha value is -3.96. The molecule has 0 unspecified atom stereocenters. The number of carbonyl (C=O) groups excluding carboxylic acids is 2. The first-order valence-electron chi connectivity index (χ1n) is 11.5. The molecule has 1 N–H and O–H groups in total. The van der Waals surface area contributed by atoms with Gasteiger partial charge in [-0.1, -0.05) is 23.7 Å². The average molecular weight is 577 g/mol. The summed E-state index contributed by atoms with van der Waals surface area (Å²) >= 11 is 6.31. The van der Waals surface area contributed by atoms with Gasteiger partial charge in [0.15, 0.2) is 11.5 Å². The van der Waals surface area contributed by atoms with Crippen molar-refractivity contribution in [1.29, 1.82) is 0 Å². The predicted octanol–water partition coefficient (Wildman–Crippen LogP) is 4.60. The van der Waals surface area contributed by atoms with E-state index in [2.05, 4.69) is 5.32 Å². The summed E-state index contributed by atoms with van der Waals surface area (Å²) < 4.78 is 49.5. The van der Waals surface area contributed by atoms with Gasteiger partial charge in [-0.25, -0.2) is 13.2 Å². The highest BCUT2D eigenvalue weighted by Crippen LogP contribution is 2.35. The summed E-state index contributed by atoms with van der Waals surface area (Å²) in [5, 5.41) is 2.91. The number of nitrogens with one attached hydrogen (secondary N) is 1. The fourth-order valence-electron chi connectivity index (χ4n) is 3.74. The van der Waals surface area contributed by atoms with Crippen LogP contribution in [-0.4, -0.2) is 55.3 Å². The van der Waals surface area contributed by atoms with Gasteiger partial charge in [0, 0.05) is 17.2 Å². The molecule has 3 aromatic rings. The van der Waals surface area contributed by atoms with E-state index in [0.29, 0.717) is 10.6 Å². The van der Waals surface area contributed by atoms with Gasteiger partial charge in [-0.3, -0.25) is 9.10 Å². The Kier molecular flexibility index (Phi) is 9.31. The molecule has 3 aromatic carbocycles. The summed E-state index contributed by atoms with van der Waals surface area (Å²) in [5.74, 6) is -0.914. The molecular weight excluding hydrogens is 548 g/mol. The van der Waals surface area contributed by atoms with Crippen LogP contribution in [0.1, 0.15) is 21.5 Å². The van der Waals surface area contributed by atoms with E-state index in [1.807, 2.05) is 0 Å². The van der Waals surface area contributed by atoms with Gasteiger partial charge in [0.25, 0.3) is 10.0 Å². The zero-order valence-corrected chi connectivity index (χ0v) is 23.9. The molecule has 0 bridgehead atoms. The van der Waals surface area contributed by atoms with Crippen molar-refractivity contribution in [1.82, 2.24) is 0 Å². The minimum Gasteiger partial charge on any atom is -0.495 e. The molecule has 0 saturated heterocycles. The summed E-state index contributed by atoms with van der Waals surface area (Å²) in [7, 11) is 0.997. The van der Waals surface area contributed by atoms with Crippen molar-refractivity contribution in [3.05, 3.63) is 70.2 Å². The SMILES string of the molecule is COC(=O)c1cc(OC)c(OC)cc1NC(=O)CN(c1ccc(C)c(Cl)c1)S(=O)(=O)c1cc(C)ccc1OC. The molecule has 0 aliphatic rings. The zero-order valence-electron chi connectivity index (χ0n) is 22.3. The van der Waals surface area contributed by atoms with Crippen LogP contribution in [0.2, 0.25) is 5.02 Å². The number of nitrogens with zero attached hydrogens (tertiary/aromatic N) is 1. The van der Waals surface area contributed by atoms with E-state index in [4.69, 9.17) is 30.5 Å². The van der Waals surface area contributed by atoms with Gasteiger partial charge < -0.3 is 24.3 Å². The summed E-state index contributed by atoms with van der Waals surface area (Å²) in [5.41, 5.74) is 1.58. The first-order valence-corrected chi connectivity index (χ1v) is 13.4. The van der Waals surface area contributed by atoms with Crippen molar-refractivity contribution >= 4 is 44.9 Å². The molecule has 3 rings (SSSR count). The maximum atomic E-state index is 14.0. The van der Waals surface area contributed by atoms with E-state index in [1.165, 1.54) is 58.8 Å². The monoisotopic (exact) mass is 576 g/mol. The lowest BCUT2D eigenvalue weighted by Gasteiger charge is -2.26. The number of benzene rings is 3. The lowest BCUT2D eigenvalue weighted by molar-refractivity contribution is -0.114. The molecule has 0 radical (unpaired) electrons. The lowest BCUT2D eigenvalue weighted by Crippen LogP contribution is -2.38. The number of anilines is 2. The normalized spacial score (nSPS) is 10.9. The van der Waals surface area contributed by atoms with Crippen LogP contribution in [0.25, 0.3) is 0 Å². The Labute approximate surface area is 232 Å². The number of rotatable bonds is 10. The molecule has 0 aliphatic carbocycles. The van der Waals surface area contributed by atoms with E-state index < -0.39 is 28.4 Å². The van der Waals surface area contributed by atoms with Crippen LogP contribution in [-0.2, 0) is 19.6 Å². The maximum absolute atomic E-state index is 14.0. The molecular formula is C27H29ClN2O8S. The van der Waals surface area contributed by atoms with Crippen LogP contribution >= 0.6 is 11.6 Å². The molecule has 10 nitrogen and oxygen atoms in total. The average Bonchev–Trinajstić information content (AvgIpc) is 2.92. The Balaban J connectivity index is 2.10. The third-order valence-electron chi connectivity index (χ3n) is 5.82. The van der Waals surface area contributed by atoms with Crippen molar-refractivity contribution in [3.63, 3.8) is 0 Å². The van der Waals surface area contributed by atoms with Gasteiger partial charge in [0.1, 0.15) is 17.2 Å². The highest BCUT2D eigenvalue weighted by Gasteiger charge is 2.31. The third kappa shape index (κ3) is 6.37. The number of sulfonamides is 1. The molecule has 0 aliphatic heterocycles. The van der Waals surface area contributed by atoms with Gasteiger partial charge in [0.2, 0.25) is 5.91 Å². The first kappa shape index (κ1) is 29.6. The second-order valence-electron chi connectivity index (χ2n) is 8.39. The van der Waals surface area contributed by atoms with Crippen LogP contribution in [0.3, 0.4) is 0 Å². The number of aryl methyl sites for hydroxylation is 2. The van der Waals surface area contributed by atoms with Gasteiger partial charge in [0.05, 0.1) is 45.4 Å². The third-order valence-corrected chi connectivity index (χ3v) is 8.02. The lowest BCUT2D eigenvalue weighted by atomic mass is 10.1. The predicted molar refractivity (Wildman–Crippen MR) is 148 cm³/mol. The molecule has 12 heteroatoms. The summed E-state index contributed by atoms with van der Waals surface area (Å²) in [6.45, 7) is 2.85. The molecule has 0 fully saturated rings. The second-order valence-corrected chi connectivity index (χ2v) is 10.6. The number of amides is 1. The molecule has 1 amide bonds. The van der Waals surface area contributed by atoms with Crippen molar-refractivity contribution in [3.8, 4) is 17.2 Å². The minimum atomic E-state index is -4.34. The number of carbonyl (C=O) groups is 2. The van der Waals surface area contributed by atoms with Crippen molar-refractivity contribution < 1.29 is 37.0 Å². The van der Waals surface area contributed by atoms with E-state index in [1.54, 1.807) is 32.0 Å². The Bertz CT molecular complexity index is 1510. The van der Waals surface area contributed by atoms with Crippen LogP contribution in [0, 0.1) is 13.8 Å². The number of halogens is 1. The van der Waals surface area contributed by atoms with Gasteiger partial charge in [-0.2, -0.15) is 0 Å². The topological polar surface area (TPSA) is 120 Å². The largest absolute Gasteiger partial charge is 0.495 e. The van der Waals surface area contributed by atoms with Crippen LogP contribution in [0.15, 0.2) is 53.4 Å². The van der Waals surface area contributed by atoms with Gasteiger partial charge in [-0.15, -0.1) is 0 Å². The zero-order chi connectivity index (χ0) is 28.9. The first-order chi connectivity index (χ1) is 18.5. The van der Waals surface area contributed by atoms with Crippen molar-refractivity contribution in [2.75, 3.05) is 44.6 Å². The smallest absolute Gasteiger partial charge is 0.340 e. The maximum Gasteiger partial charge on any atom is 0.340 e. The van der Waals surface area contributed by atoms with E-state index in [0.717, 1.165) is 9.87 Å². The van der Waals surface area contributed by atoms with E-state index >= 15 is 0 Å². The van der Waals surface area contributed by atoms with Gasteiger partial charge >= 0.3 is 5.97 Å². The molecule has 0 atom stereocenters. The molecule has 0 saturated carbocycles. The molecule has 208 valence electrons. The quantitative estimate of drug-likeness (QED) is 0.348. The van der Waals surface area contributed by atoms with Crippen molar-refractivity contribution in [2.45, 2.75) is 18.7 Å². The molecule has 0 heterocycles. The Morgan fingerprint density at radius 1 is 0.872 bits per heavy atom. The van der Waals surface area contributed by atoms with Crippen LogP contribution in [0.4, 0.5) is 11.4 Å². The number of hydrogen-bond acceptors (Lipinski definition) is 8. The standard InChI is InChI=1S/C27H29ClN2O8S/c1-16-7-10-22(35-3)25(11-16)39(33,34)30(18-9-8-17(2)20(28)12-18)15-26(31)29-21-14-24(37-5)23(36-4)13-19(21)27(32)38-6/h7-14H,15H2,1-6H3,(H,29,31). The summed E-state index contributed by atoms with van der Waals surface area (Å²) in [4.78, 5) is 25.7. The summed E-state index contributed by atoms with van der Waals surface area (Å²) in [6, 6.07) is 12.1. The van der Waals surface area contributed by atoms with Crippen LogP contribution < -0.4 is 23.8 Å². The van der Waals surface area contributed by atoms with E-state index in [9.17, 15) is 18.0 Å². The number of methoxy groups -OCH3 is 4. The number of esters is 1. The second kappa shape index (κ2) is 12.3. The minimum absolute atomic E-state index is 0.0170. The summed E-state index contributed by atoms with van der Waals surface area (Å²) in [6.07, 6.45) is 0. The fraction of sp³-hybridized carbons (Fsp3) is 0.259. The van der Waals surface area contributed by atoms with Crippen LogP contribution in [0.5, 0.6) is 17.2 Å². The van der Waals surface area contributed by atoms with E-state index in [-0.39, 0.29) is 39.1 Å².